The zero-order valence-electron chi connectivity index (χ0n) is 32.1. The second-order valence-electron chi connectivity index (χ2n) is 13.7. The predicted octanol–water partition coefficient (Wildman–Crippen LogP) is 7.64. The zero-order valence-corrected chi connectivity index (χ0v) is 34.5. The predicted molar refractivity (Wildman–Crippen MR) is 226 cm³/mol. The molecule has 7 aromatic carbocycles. The number of phenolic OH excluding ortho intramolecular Hbond substituents is 1. The minimum atomic E-state index is -5.20. The number of carbonyl (C=O) groups excluding carboxylic acids is 2. The largest absolute Gasteiger partial charge is 0.744 e. The number of benzene rings is 7. The number of fused-ring (bicyclic) bond motifs is 2. The number of azo groups is 2. The summed E-state index contributed by atoms with van der Waals surface area (Å²) in [5.74, 6) is -1.67. The molecule has 7 aromatic rings. The van der Waals surface area contributed by atoms with E-state index in [1.54, 1.807) is 25.1 Å². The van der Waals surface area contributed by atoms with Gasteiger partial charge < -0.3 is 35.1 Å². The van der Waals surface area contributed by atoms with Crippen LogP contribution in [0.2, 0.25) is 0 Å². The molecule has 320 valence electrons. The van der Waals surface area contributed by atoms with Gasteiger partial charge in [0.05, 0.1) is 31.7 Å². The van der Waals surface area contributed by atoms with Crippen LogP contribution in [0.4, 0.5) is 39.8 Å². The fraction of sp³-hybridized carbons (Fsp3) is 0.0244. The Morgan fingerprint density at radius 1 is 0.556 bits per heavy atom. The molecule has 2 amide bonds. The Kier molecular flexibility index (Phi) is 11.6. The van der Waals surface area contributed by atoms with Crippen molar-refractivity contribution in [3.05, 3.63) is 138 Å². The topological polar surface area (TPSA) is 325 Å². The van der Waals surface area contributed by atoms with Gasteiger partial charge in [0.2, 0.25) is 0 Å². The maximum atomic E-state index is 13.1. The number of amides is 2. The van der Waals surface area contributed by atoms with Crippen molar-refractivity contribution < 1.29 is 53.6 Å². The standard InChI is InChI=1S/C41H31N7O12S3/c1-22-16-29(13-15-35(22)47-46-31-11-6-25-18-32(61(52,53)54)21-36(34(25)20-31)62(55,56)57)43-41(51)24-4-9-28(10-5-24)45-48-38-37(63(58,59)60)19-26-17-30(12-14-33(26)39(38)49)44-40(50)23-2-7-27(42)8-3-23/h2-21,49H,42H2,1H3,(H,43,51)(H,44,50)(H,52,53,54)(H,55,56,57)(H,58,59,60)/p-3. The number of nitrogen functional groups attached to an aromatic ring is 1. The van der Waals surface area contributed by atoms with Crippen molar-refractivity contribution in [2.24, 2.45) is 20.5 Å². The first-order valence-electron chi connectivity index (χ1n) is 17.9. The van der Waals surface area contributed by atoms with E-state index in [-0.39, 0.29) is 44.2 Å². The number of carbonyl (C=O) groups is 2. The normalized spacial score (nSPS) is 12.3. The van der Waals surface area contributed by atoms with Crippen LogP contribution in [0.5, 0.6) is 5.75 Å². The van der Waals surface area contributed by atoms with Crippen LogP contribution in [-0.4, -0.2) is 55.8 Å². The number of hydrogen-bond donors (Lipinski definition) is 4. The first-order chi connectivity index (χ1) is 29.6. The highest BCUT2D eigenvalue weighted by Gasteiger charge is 2.19. The Bertz CT molecular complexity index is 3440. The highest BCUT2D eigenvalue weighted by Crippen LogP contribution is 2.42. The first kappa shape index (κ1) is 43.6. The number of nitrogens with two attached hydrogens (primary N) is 1. The summed E-state index contributed by atoms with van der Waals surface area (Å²) in [5.41, 5.74) is 7.75. The Morgan fingerprint density at radius 3 is 1.73 bits per heavy atom. The van der Waals surface area contributed by atoms with Gasteiger partial charge in [-0.05, 0) is 139 Å². The lowest BCUT2D eigenvalue weighted by atomic mass is 10.1. The van der Waals surface area contributed by atoms with Gasteiger partial charge in [-0.25, -0.2) is 25.3 Å². The molecule has 7 rings (SSSR count). The molecule has 0 aliphatic carbocycles. The molecule has 0 saturated carbocycles. The van der Waals surface area contributed by atoms with Crippen LogP contribution in [0.25, 0.3) is 21.5 Å². The molecule has 0 saturated heterocycles. The van der Waals surface area contributed by atoms with Gasteiger partial charge in [0, 0.05) is 39.0 Å². The molecule has 0 spiro atoms. The Balaban J connectivity index is 1.04. The van der Waals surface area contributed by atoms with E-state index in [0.717, 1.165) is 12.1 Å². The average Bonchev–Trinajstić information content (AvgIpc) is 3.21. The number of anilines is 3. The van der Waals surface area contributed by atoms with Crippen molar-refractivity contribution in [3.63, 3.8) is 0 Å². The van der Waals surface area contributed by atoms with Crippen LogP contribution >= 0.6 is 0 Å². The van der Waals surface area contributed by atoms with Crippen LogP contribution in [0.1, 0.15) is 26.3 Å². The van der Waals surface area contributed by atoms with Crippen LogP contribution in [0.15, 0.2) is 156 Å². The Hall–Kier alpha value is -7.47. The highest BCUT2D eigenvalue weighted by molar-refractivity contribution is 7.86. The fourth-order valence-corrected chi connectivity index (χ4v) is 8.17. The fourth-order valence-electron chi connectivity index (χ4n) is 6.20. The summed E-state index contributed by atoms with van der Waals surface area (Å²) >= 11 is 0. The quantitative estimate of drug-likeness (QED) is 0.0551. The summed E-state index contributed by atoms with van der Waals surface area (Å²) in [5, 5.41) is 32.6. The van der Waals surface area contributed by atoms with Crippen molar-refractivity contribution >= 4 is 104 Å². The van der Waals surface area contributed by atoms with Crippen LogP contribution in [-0.2, 0) is 30.4 Å². The van der Waals surface area contributed by atoms with E-state index in [4.69, 9.17) is 5.73 Å². The second kappa shape index (κ2) is 16.8. The van der Waals surface area contributed by atoms with Crippen molar-refractivity contribution in [1.82, 2.24) is 0 Å². The number of aryl methyl sites for hydroxylation is 1. The molecule has 0 atom stereocenters. The van der Waals surface area contributed by atoms with Crippen molar-refractivity contribution in [2.45, 2.75) is 21.6 Å². The summed E-state index contributed by atoms with van der Waals surface area (Å²) < 4.78 is 107. The molecule has 0 aromatic heterocycles. The Morgan fingerprint density at radius 2 is 1.13 bits per heavy atom. The van der Waals surface area contributed by atoms with Crippen molar-refractivity contribution in [1.29, 1.82) is 0 Å². The summed E-state index contributed by atoms with van der Waals surface area (Å²) in [4.78, 5) is 23.1. The van der Waals surface area contributed by atoms with Gasteiger partial charge in [-0.2, -0.15) is 15.3 Å². The maximum Gasteiger partial charge on any atom is 0.255 e. The van der Waals surface area contributed by atoms with Gasteiger partial charge in [0.1, 0.15) is 36.0 Å². The van der Waals surface area contributed by atoms with E-state index in [9.17, 15) is 53.6 Å². The smallest absolute Gasteiger partial charge is 0.255 e. The number of phenols is 1. The number of rotatable bonds is 11. The SMILES string of the molecule is Cc1cc(NC(=O)c2ccc(N=Nc3c(S(=O)(=O)[O-])cc4cc(NC(=O)c5ccc(N)cc5)ccc4c3O)cc2)ccc1N=Nc1ccc2cc(S(=O)(=O)[O-])cc(S(=O)(=O)[O-])c2c1. The summed E-state index contributed by atoms with van der Waals surface area (Å²) in [6.45, 7) is 1.68. The lowest BCUT2D eigenvalue weighted by Crippen LogP contribution is -2.11. The number of aromatic hydroxyl groups is 1. The lowest BCUT2D eigenvalue weighted by molar-refractivity contribution is 0.101. The van der Waals surface area contributed by atoms with E-state index in [1.807, 2.05) is 0 Å². The minimum absolute atomic E-state index is 0.000771. The Labute approximate surface area is 357 Å². The van der Waals surface area contributed by atoms with E-state index in [0.29, 0.717) is 34.3 Å². The molecule has 0 fully saturated rings. The van der Waals surface area contributed by atoms with E-state index < -0.39 is 68.3 Å². The zero-order chi connectivity index (χ0) is 45.4. The molecule has 0 unspecified atom stereocenters. The van der Waals surface area contributed by atoms with E-state index in [2.05, 4.69) is 31.1 Å². The number of nitrogens with one attached hydrogen (secondary N) is 2. The van der Waals surface area contributed by atoms with Gasteiger partial charge in [-0.1, -0.05) is 6.07 Å². The molecular formula is C41H28N7O12S3-3. The number of hydrogen-bond acceptors (Lipinski definition) is 17. The third kappa shape index (κ3) is 9.86. The molecule has 0 bridgehead atoms. The maximum absolute atomic E-state index is 13.1. The van der Waals surface area contributed by atoms with E-state index >= 15 is 0 Å². The third-order valence-electron chi connectivity index (χ3n) is 9.31. The molecule has 22 heteroatoms. The summed E-state index contributed by atoms with van der Waals surface area (Å²) in [7, 11) is -15.5. The molecule has 5 N–H and O–H groups in total. The van der Waals surface area contributed by atoms with Crippen molar-refractivity contribution in [3.8, 4) is 5.75 Å². The average molecular weight is 907 g/mol. The van der Waals surface area contributed by atoms with Gasteiger partial charge in [0.25, 0.3) is 11.8 Å². The third-order valence-corrected chi connectivity index (χ3v) is 11.8. The lowest BCUT2D eigenvalue weighted by Gasteiger charge is -2.15. The number of nitrogens with zero attached hydrogens (tertiary/aromatic N) is 4. The van der Waals surface area contributed by atoms with Gasteiger partial charge in [-0.15, -0.1) is 5.11 Å². The van der Waals surface area contributed by atoms with E-state index in [1.165, 1.54) is 84.9 Å². The van der Waals surface area contributed by atoms with Crippen LogP contribution < -0.4 is 16.4 Å². The molecule has 0 heterocycles. The van der Waals surface area contributed by atoms with Gasteiger partial charge in [0.15, 0.2) is 5.75 Å². The summed E-state index contributed by atoms with van der Waals surface area (Å²) in [6.07, 6.45) is 0. The molecule has 0 radical (unpaired) electrons. The highest BCUT2D eigenvalue weighted by atomic mass is 32.2. The first-order valence-corrected chi connectivity index (χ1v) is 22.1. The van der Waals surface area contributed by atoms with Crippen LogP contribution in [0, 0.1) is 6.92 Å². The van der Waals surface area contributed by atoms with Crippen molar-refractivity contribution in [2.75, 3.05) is 16.4 Å². The molecule has 63 heavy (non-hydrogen) atoms. The molecule has 19 nitrogen and oxygen atoms in total. The monoisotopic (exact) mass is 906 g/mol. The van der Waals surface area contributed by atoms with Gasteiger partial charge in [-0.3, -0.25) is 9.59 Å². The molecule has 0 aliphatic heterocycles. The van der Waals surface area contributed by atoms with Gasteiger partial charge >= 0.3 is 0 Å². The minimum Gasteiger partial charge on any atom is -0.744 e. The molecular weight excluding hydrogens is 879 g/mol. The summed E-state index contributed by atoms with van der Waals surface area (Å²) in [6, 6.07) is 26.9. The molecule has 0 aliphatic rings. The second-order valence-corrected chi connectivity index (χ2v) is 17.8. The van der Waals surface area contributed by atoms with Crippen LogP contribution in [0.3, 0.4) is 0 Å².